The Morgan fingerprint density at radius 1 is 1.15 bits per heavy atom. The van der Waals surface area contributed by atoms with Crippen LogP contribution in [0, 0.1) is 17.5 Å². The van der Waals surface area contributed by atoms with E-state index < -0.39 is 35.8 Å². The normalized spacial score (nSPS) is 13.0. The summed E-state index contributed by atoms with van der Waals surface area (Å²) in [7, 11) is 0. The second kappa shape index (κ2) is 3.74. The van der Waals surface area contributed by atoms with Gasteiger partial charge in [0.1, 0.15) is 30.2 Å². The van der Waals surface area contributed by atoms with E-state index in [1.165, 1.54) is 0 Å². The van der Waals surface area contributed by atoms with Crippen LogP contribution in [-0.2, 0) is 0 Å². The van der Waals surface area contributed by atoms with Gasteiger partial charge in [-0.15, -0.1) is 0 Å². The summed E-state index contributed by atoms with van der Waals surface area (Å²) in [6, 6.07) is 0.772. The van der Waals surface area contributed by atoms with Crippen LogP contribution in [0.5, 0.6) is 0 Å². The highest BCUT2D eigenvalue weighted by Crippen LogP contribution is 2.22. The number of aliphatic hydroxyl groups is 1. The summed E-state index contributed by atoms with van der Waals surface area (Å²) >= 11 is 0. The molecule has 0 saturated heterocycles. The molecule has 0 amide bonds. The molecule has 1 nitrogen and oxygen atoms in total. The fourth-order valence-electron chi connectivity index (χ4n) is 0.949. The van der Waals surface area contributed by atoms with Crippen LogP contribution < -0.4 is 0 Å². The maximum atomic E-state index is 12.7. The third kappa shape index (κ3) is 1.98. The zero-order chi connectivity index (χ0) is 10.0. The van der Waals surface area contributed by atoms with E-state index in [-0.39, 0.29) is 0 Å². The van der Waals surface area contributed by atoms with Crippen LogP contribution in [0.2, 0.25) is 0 Å². The summed E-state index contributed by atoms with van der Waals surface area (Å²) in [5, 5.41) is 8.80. The molecule has 1 aromatic carbocycles. The molecule has 0 aromatic heterocycles. The highest BCUT2D eigenvalue weighted by atomic mass is 19.1. The molecule has 0 aliphatic heterocycles. The van der Waals surface area contributed by atoms with Crippen LogP contribution in [0.4, 0.5) is 17.6 Å². The van der Waals surface area contributed by atoms with Gasteiger partial charge in [0.05, 0.1) is 5.56 Å². The van der Waals surface area contributed by atoms with E-state index >= 15 is 0 Å². The van der Waals surface area contributed by atoms with E-state index in [1.54, 1.807) is 0 Å². The van der Waals surface area contributed by atoms with Crippen molar-refractivity contribution in [3.63, 3.8) is 0 Å². The fourth-order valence-corrected chi connectivity index (χ4v) is 0.949. The Hall–Kier alpha value is -1.10. The van der Waals surface area contributed by atoms with Gasteiger partial charge in [-0.2, -0.15) is 0 Å². The van der Waals surface area contributed by atoms with E-state index in [2.05, 4.69) is 0 Å². The molecule has 0 saturated carbocycles. The zero-order valence-corrected chi connectivity index (χ0v) is 6.40. The Morgan fingerprint density at radius 3 is 2.00 bits per heavy atom. The van der Waals surface area contributed by atoms with E-state index in [9.17, 15) is 17.6 Å². The monoisotopic (exact) mass is 194 g/mol. The lowest BCUT2D eigenvalue weighted by atomic mass is 10.1. The standard InChI is InChI=1S/C8H6F4O/c9-3-7(13)8-5(11)1-4(10)2-6(8)12/h1-2,7,13H,3H2. The molecule has 13 heavy (non-hydrogen) atoms. The van der Waals surface area contributed by atoms with Crippen molar-refractivity contribution in [3.8, 4) is 0 Å². The lowest BCUT2D eigenvalue weighted by Crippen LogP contribution is -2.06. The molecular formula is C8H6F4O. The van der Waals surface area contributed by atoms with Gasteiger partial charge >= 0.3 is 0 Å². The third-order valence-electron chi connectivity index (χ3n) is 1.52. The summed E-state index contributed by atoms with van der Waals surface area (Å²) < 4.78 is 49.7. The van der Waals surface area contributed by atoms with Gasteiger partial charge in [0.25, 0.3) is 0 Å². The van der Waals surface area contributed by atoms with Crippen LogP contribution in [0.15, 0.2) is 12.1 Å². The average Bonchev–Trinajstić information content (AvgIpc) is 2.02. The highest BCUT2D eigenvalue weighted by Gasteiger charge is 2.18. The minimum Gasteiger partial charge on any atom is -0.385 e. The van der Waals surface area contributed by atoms with Crippen molar-refractivity contribution in [3.05, 3.63) is 35.1 Å². The highest BCUT2D eigenvalue weighted by molar-refractivity contribution is 5.23. The lowest BCUT2D eigenvalue weighted by Gasteiger charge is -2.08. The van der Waals surface area contributed by atoms with Crippen molar-refractivity contribution in [2.24, 2.45) is 0 Å². The Bertz CT molecular complexity index is 290. The molecule has 1 rings (SSSR count). The minimum absolute atomic E-state index is 0.386. The summed E-state index contributed by atoms with van der Waals surface area (Å²) in [6.07, 6.45) is -1.89. The van der Waals surface area contributed by atoms with Crippen LogP contribution >= 0.6 is 0 Å². The molecule has 1 atom stereocenters. The Balaban J connectivity index is 3.20. The predicted molar refractivity (Wildman–Crippen MR) is 37.3 cm³/mol. The Labute approximate surface area is 71.6 Å². The number of benzene rings is 1. The molecule has 0 heterocycles. The molecule has 0 bridgehead atoms. The summed E-state index contributed by atoms with van der Waals surface area (Å²) in [4.78, 5) is 0. The van der Waals surface area contributed by atoms with Crippen molar-refractivity contribution in [2.75, 3.05) is 6.67 Å². The number of hydrogen-bond donors (Lipinski definition) is 1. The molecule has 0 radical (unpaired) electrons. The molecule has 5 heteroatoms. The number of hydrogen-bond acceptors (Lipinski definition) is 1. The summed E-state index contributed by atoms with van der Waals surface area (Å²) in [6.45, 7) is -1.32. The molecule has 1 aromatic rings. The van der Waals surface area contributed by atoms with Gasteiger partial charge in [0.15, 0.2) is 0 Å². The van der Waals surface area contributed by atoms with Crippen LogP contribution in [0.3, 0.4) is 0 Å². The van der Waals surface area contributed by atoms with Gasteiger partial charge in [0, 0.05) is 12.1 Å². The first-order valence-corrected chi connectivity index (χ1v) is 3.44. The number of rotatable bonds is 2. The SMILES string of the molecule is OC(CF)c1c(F)cc(F)cc1F. The molecule has 1 unspecified atom stereocenters. The van der Waals surface area contributed by atoms with Gasteiger partial charge in [0.2, 0.25) is 0 Å². The maximum absolute atomic E-state index is 12.7. The minimum atomic E-state index is -1.89. The van der Waals surface area contributed by atoms with E-state index in [0.717, 1.165) is 0 Å². The second-order valence-corrected chi connectivity index (χ2v) is 2.45. The molecule has 72 valence electrons. The van der Waals surface area contributed by atoms with E-state index in [1.807, 2.05) is 0 Å². The number of aliphatic hydroxyl groups excluding tert-OH is 1. The largest absolute Gasteiger partial charge is 0.385 e. The second-order valence-electron chi connectivity index (χ2n) is 2.45. The van der Waals surface area contributed by atoms with Crippen molar-refractivity contribution < 1.29 is 22.7 Å². The van der Waals surface area contributed by atoms with Gasteiger partial charge in [-0.25, -0.2) is 17.6 Å². The predicted octanol–water partition coefficient (Wildman–Crippen LogP) is 2.11. The lowest BCUT2D eigenvalue weighted by molar-refractivity contribution is 0.133. The number of alkyl halides is 1. The Kier molecular flexibility index (Phi) is 2.87. The molecular weight excluding hydrogens is 188 g/mol. The quantitative estimate of drug-likeness (QED) is 0.715. The summed E-state index contributed by atoms with van der Waals surface area (Å²) in [5.41, 5.74) is -0.844. The topological polar surface area (TPSA) is 20.2 Å². The number of halogens is 4. The first-order valence-electron chi connectivity index (χ1n) is 3.44. The summed E-state index contributed by atoms with van der Waals surface area (Å²) in [5.74, 6) is -3.69. The molecule has 0 fully saturated rings. The van der Waals surface area contributed by atoms with Crippen LogP contribution in [0.1, 0.15) is 11.7 Å². The average molecular weight is 194 g/mol. The molecule has 0 spiro atoms. The van der Waals surface area contributed by atoms with Crippen molar-refractivity contribution in [2.45, 2.75) is 6.10 Å². The van der Waals surface area contributed by atoms with Gasteiger partial charge in [-0.1, -0.05) is 0 Å². The van der Waals surface area contributed by atoms with Crippen molar-refractivity contribution in [1.29, 1.82) is 0 Å². The molecule has 0 aliphatic rings. The molecule has 1 N–H and O–H groups in total. The van der Waals surface area contributed by atoms with Crippen LogP contribution in [-0.4, -0.2) is 11.8 Å². The van der Waals surface area contributed by atoms with Crippen molar-refractivity contribution in [1.82, 2.24) is 0 Å². The first kappa shape index (κ1) is 9.98. The van der Waals surface area contributed by atoms with Crippen LogP contribution in [0.25, 0.3) is 0 Å². The Morgan fingerprint density at radius 2 is 1.62 bits per heavy atom. The van der Waals surface area contributed by atoms with Gasteiger partial charge in [-0.05, 0) is 0 Å². The van der Waals surface area contributed by atoms with Gasteiger partial charge < -0.3 is 5.11 Å². The van der Waals surface area contributed by atoms with E-state index in [0.29, 0.717) is 12.1 Å². The smallest absolute Gasteiger partial charge is 0.134 e. The third-order valence-corrected chi connectivity index (χ3v) is 1.52. The molecule has 0 aliphatic carbocycles. The fraction of sp³-hybridized carbons (Fsp3) is 0.250. The zero-order valence-electron chi connectivity index (χ0n) is 6.40. The maximum Gasteiger partial charge on any atom is 0.134 e. The van der Waals surface area contributed by atoms with E-state index in [4.69, 9.17) is 5.11 Å². The van der Waals surface area contributed by atoms with Gasteiger partial charge in [-0.3, -0.25) is 0 Å². The first-order chi connectivity index (χ1) is 6.06. The van der Waals surface area contributed by atoms with Crippen molar-refractivity contribution >= 4 is 0 Å².